The van der Waals surface area contributed by atoms with Crippen molar-refractivity contribution >= 4 is 12.4 Å². The van der Waals surface area contributed by atoms with E-state index < -0.39 is 0 Å². The molecule has 0 spiro atoms. The van der Waals surface area contributed by atoms with Crippen LogP contribution in [0, 0.1) is 12.3 Å². The molecule has 0 saturated carbocycles. The van der Waals surface area contributed by atoms with Crippen molar-refractivity contribution in [2.24, 2.45) is 5.41 Å². The van der Waals surface area contributed by atoms with Crippen molar-refractivity contribution in [1.82, 2.24) is 5.32 Å². The van der Waals surface area contributed by atoms with E-state index in [1.807, 2.05) is 0 Å². The average molecular weight is 256 g/mol. The van der Waals surface area contributed by atoms with Crippen LogP contribution < -0.4 is 5.32 Å². The van der Waals surface area contributed by atoms with Crippen molar-refractivity contribution in [1.29, 1.82) is 0 Å². The Morgan fingerprint density at radius 1 is 1.41 bits per heavy atom. The predicted octanol–water partition coefficient (Wildman–Crippen LogP) is 2.93. The van der Waals surface area contributed by atoms with Gasteiger partial charge >= 0.3 is 0 Å². The lowest BCUT2D eigenvalue weighted by Crippen LogP contribution is -2.48. The summed E-state index contributed by atoms with van der Waals surface area (Å²) in [5, 5.41) is 3.46. The molecule has 0 amide bonds. The molecular weight excluding hydrogens is 234 g/mol. The Labute approximate surface area is 110 Å². The summed E-state index contributed by atoms with van der Waals surface area (Å²) in [5.74, 6) is 0. The van der Waals surface area contributed by atoms with Crippen LogP contribution in [0.1, 0.15) is 25.0 Å². The van der Waals surface area contributed by atoms with Crippen molar-refractivity contribution in [2.45, 2.75) is 33.4 Å². The van der Waals surface area contributed by atoms with Crippen LogP contribution in [-0.4, -0.2) is 19.4 Å². The molecule has 1 aliphatic heterocycles. The molecule has 1 heterocycles. The van der Waals surface area contributed by atoms with E-state index in [-0.39, 0.29) is 24.0 Å². The molecule has 1 saturated heterocycles. The second-order valence-corrected chi connectivity index (χ2v) is 5.54. The summed E-state index contributed by atoms with van der Waals surface area (Å²) in [6.45, 7) is 8.45. The zero-order valence-electron chi connectivity index (χ0n) is 10.8. The van der Waals surface area contributed by atoms with Crippen molar-refractivity contribution in [3.05, 3.63) is 35.4 Å². The summed E-state index contributed by atoms with van der Waals surface area (Å²) < 4.78 is 5.83. The first kappa shape index (κ1) is 14.5. The Balaban J connectivity index is 0.00000144. The quantitative estimate of drug-likeness (QED) is 0.878. The SMILES string of the molecule is Cc1cccc(CC2NCC(C)(C)CO2)c1.Cl. The van der Waals surface area contributed by atoms with E-state index in [1.165, 1.54) is 11.1 Å². The molecular formula is C14H22ClNO. The van der Waals surface area contributed by atoms with E-state index >= 15 is 0 Å². The molecule has 1 fully saturated rings. The van der Waals surface area contributed by atoms with Gasteiger partial charge in [-0.2, -0.15) is 0 Å². The van der Waals surface area contributed by atoms with E-state index in [4.69, 9.17) is 4.74 Å². The highest BCUT2D eigenvalue weighted by Gasteiger charge is 2.26. The molecule has 0 bridgehead atoms. The highest BCUT2D eigenvalue weighted by Crippen LogP contribution is 2.20. The molecule has 0 aromatic heterocycles. The van der Waals surface area contributed by atoms with Crippen LogP contribution in [0.15, 0.2) is 24.3 Å². The molecule has 0 aliphatic carbocycles. The summed E-state index contributed by atoms with van der Waals surface area (Å²) in [6, 6.07) is 8.63. The maximum Gasteiger partial charge on any atom is 0.112 e. The smallest absolute Gasteiger partial charge is 0.112 e. The summed E-state index contributed by atoms with van der Waals surface area (Å²) in [5.41, 5.74) is 2.93. The van der Waals surface area contributed by atoms with Gasteiger partial charge in [0.25, 0.3) is 0 Å². The van der Waals surface area contributed by atoms with Crippen LogP contribution >= 0.6 is 12.4 Å². The molecule has 0 radical (unpaired) electrons. The fourth-order valence-corrected chi connectivity index (χ4v) is 2.01. The third-order valence-corrected chi connectivity index (χ3v) is 2.99. The molecule has 2 nitrogen and oxygen atoms in total. The van der Waals surface area contributed by atoms with Crippen molar-refractivity contribution in [3.8, 4) is 0 Å². The Hall–Kier alpha value is -0.570. The minimum atomic E-state index is 0. The minimum Gasteiger partial charge on any atom is -0.362 e. The molecule has 3 heteroatoms. The topological polar surface area (TPSA) is 21.3 Å². The fourth-order valence-electron chi connectivity index (χ4n) is 2.01. The third-order valence-electron chi connectivity index (χ3n) is 2.99. The normalized spacial score (nSPS) is 22.9. The lowest BCUT2D eigenvalue weighted by Gasteiger charge is -2.35. The highest BCUT2D eigenvalue weighted by molar-refractivity contribution is 5.85. The summed E-state index contributed by atoms with van der Waals surface area (Å²) >= 11 is 0. The summed E-state index contributed by atoms with van der Waals surface area (Å²) in [7, 11) is 0. The van der Waals surface area contributed by atoms with Gasteiger partial charge in [0, 0.05) is 18.4 Å². The van der Waals surface area contributed by atoms with E-state index in [9.17, 15) is 0 Å². The van der Waals surface area contributed by atoms with Crippen LogP contribution in [0.25, 0.3) is 0 Å². The van der Waals surface area contributed by atoms with Crippen LogP contribution in [-0.2, 0) is 11.2 Å². The van der Waals surface area contributed by atoms with Gasteiger partial charge in [-0.15, -0.1) is 12.4 Å². The van der Waals surface area contributed by atoms with E-state index in [0.29, 0.717) is 0 Å². The first-order chi connectivity index (χ1) is 7.55. The van der Waals surface area contributed by atoms with Crippen molar-refractivity contribution in [2.75, 3.05) is 13.2 Å². The average Bonchev–Trinajstić information content (AvgIpc) is 2.21. The van der Waals surface area contributed by atoms with Crippen LogP contribution in [0.3, 0.4) is 0 Å². The predicted molar refractivity (Wildman–Crippen MR) is 73.7 cm³/mol. The number of halogens is 1. The minimum absolute atomic E-state index is 0. The third kappa shape index (κ3) is 4.30. The van der Waals surface area contributed by atoms with E-state index in [1.54, 1.807) is 0 Å². The zero-order valence-corrected chi connectivity index (χ0v) is 11.6. The second kappa shape index (κ2) is 5.85. The number of ether oxygens (including phenoxy) is 1. The lowest BCUT2D eigenvalue weighted by molar-refractivity contribution is -0.0566. The first-order valence-corrected chi connectivity index (χ1v) is 5.96. The van der Waals surface area contributed by atoms with Gasteiger partial charge in [0.15, 0.2) is 0 Å². The van der Waals surface area contributed by atoms with Gasteiger partial charge in [-0.3, -0.25) is 5.32 Å². The standard InChI is InChI=1S/C14H21NO.ClH/c1-11-5-4-6-12(7-11)8-13-15-9-14(2,3)10-16-13;/h4-7,13,15H,8-10H2,1-3H3;1H. The van der Waals surface area contributed by atoms with Crippen LogP contribution in [0.4, 0.5) is 0 Å². The number of nitrogens with one attached hydrogen (secondary N) is 1. The second-order valence-electron chi connectivity index (χ2n) is 5.54. The highest BCUT2D eigenvalue weighted by atomic mass is 35.5. The van der Waals surface area contributed by atoms with Crippen molar-refractivity contribution < 1.29 is 4.74 Å². The van der Waals surface area contributed by atoms with E-state index in [2.05, 4.69) is 50.4 Å². The maximum atomic E-state index is 5.83. The largest absolute Gasteiger partial charge is 0.362 e. The van der Waals surface area contributed by atoms with Crippen LogP contribution in [0.5, 0.6) is 0 Å². The number of benzene rings is 1. The lowest BCUT2D eigenvalue weighted by atomic mass is 9.93. The first-order valence-electron chi connectivity index (χ1n) is 5.96. The Morgan fingerprint density at radius 2 is 2.18 bits per heavy atom. The number of hydrogen-bond acceptors (Lipinski definition) is 2. The molecule has 1 aromatic carbocycles. The molecule has 17 heavy (non-hydrogen) atoms. The molecule has 1 unspecified atom stereocenters. The fraction of sp³-hybridized carbons (Fsp3) is 0.571. The molecule has 1 aliphatic rings. The van der Waals surface area contributed by atoms with Gasteiger partial charge in [0.2, 0.25) is 0 Å². The van der Waals surface area contributed by atoms with Gasteiger partial charge in [-0.25, -0.2) is 0 Å². The molecule has 1 aromatic rings. The zero-order chi connectivity index (χ0) is 11.6. The molecule has 1 N–H and O–H groups in total. The Morgan fingerprint density at radius 3 is 2.76 bits per heavy atom. The molecule has 1 atom stereocenters. The Kier molecular flexibility index (Phi) is 4.99. The number of aryl methyl sites for hydroxylation is 1. The maximum absolute atomic E-state index is 5.83. The van der Waals surface area contributed by atoms with Gasteiger partial charge in [-0.1, -0.05) is 43.7 Å². The number of hydrogen-bond donors (Lipinski definition) is 1. The Bertz CT molecular complexity index is 355. The number of rotatable bonds is 2. The van der Waals surface area contributed by atoms with Crippen molar-refractivity contribution in [3.63, 3.8) is 0 Å². The van der Waals surface area contributed by atoms with Gasteiger partial charge in [0.1, 0.15) is 6.23 Å². The van der Waals surface area contributed by atoms with Gasteiger partial charge in [-0.05, 0) is 12.5 Å². The van der Waals surface area contributed by atoms with Gasteiger partial charge < -0.3 is 4.74 Å². The van der Waals surface area contributed by atoms with Gasteiger partial charge in [0.05, 0.1) is 6.61 Å². The van der Waals surface area contributed by atoms with Crippen LogP contribution in [0.2, 0.25) is 0 Å². The summed E-state index contributed by atoms with van der Waals surface area (Å²) in [4.78, 5) is 0. The molecule has 96 valence electrons. The van der Waals surface area contributed by atoms with E-state index in [0.717, 1.165) is 19.6 Å². The molecule has 2 rings (SSSR count). The summed E-state index contributed by atoms with van der Waals surface area (Å²) in [6.07, 6.45) is 1.13. The monoisotopic (exact) mass is 255 g/mol.